The number of carbonyl (C=O) groups excluding carboxylic acids is 1. The normalized spacial score (nSPS) is 10.4. The van der Waals surface area contributed by atoms with Gasteiger partial charge in [0.15, 0.2) is 0 Å². The molecule has 0 radical (unpaired) electrons. The first kappa shape index (κ1) is 13.9. The molecule has 0 spiro atoms. The van der Waals surface area contributed by atoms with E-state index >= 15 is 0 Å². The lowest BCUT2D eigenvalue weighted by molar-refractivity contribution is 0.103. The molecule has 4 heteroatoms. The first-order valence-corrected chi connectivity index (χ1v) is 6.92. The fourth-order valence-electron chi connectivity index (χ4n) is 2.26. The molecular weight excluding hydrogens is 276 g/mol. The van der Waals surface area contributed by atoms with Crippen LogP contribution in [0.5, 0.6) is 0 Å². The van der Waals surface area contributed by atoms with E-state index in [-0.39, 0.29) is 11.3 Å². The molecule has 0 atom stereocenters. The first-order valence-electron chi connectivity index (χ1n) is 6.92. The van der Waals surface area contributed by atoms with Crippen molar-refractivity contribution in [1.29, 1.82) is 0 Å². The van der Waals surface area contributed by atoms with Crippen molar-refractivity contribution < 1.29 is 4.79 Å². The molecule has 0 unspecified atom stereocenters. The summed E-state index contributed by atoms with van der Waals surface area (Å²) >= 11 is 0. The third-order valence-corrected chi connectivity index (χ3v) is 3.42. The third kappa shape index (κ3) is 2.46. The summed E-state index contributed by atoms with van der Waals surface area (Å²) in [6.07, 6.45) is 1.60. The zero-order valence-electron chi connectivity index (χ0n) is 12.1. The molecule has 22 heavy (non-hydrogen) atoms. The van der Waals surface area contributed by atoms with Gasteiger partial charge in [-0.3, -0.25) is 14.2 Å². The number of aromatic nitrogens is 2. The van der Waals surface area contributed by atoms with Crippen LogP contribution in [-0.4, -0.2) is 15.3 Å². The van der Waals surface area contributed by atoms with E-state index in [1.54, 1.807) is 67.7 Å². The lowest BCUT2D eigenvalue weighted by Gasteiger charge is -2.12. The lowest BCUT2D eigenvalue weighted by Crippen LogP contribution is -2.27. The Labute approximate surface area is 127 Å². The zero-order chi connectivity index (χ0) is 15.5. The van der Waals surface area contributed by atoms with Gasteiger partial charge in [-0.25, -0.2) is 4.98 Å². The number of hydrogen-bond donors (Lipinski definition) is 0. The minimum Gasteiger partial charge on any atom is -0.287 e. The van der Waals surface area contributed by atoms with Gasteiger partial charge in [-0.1, -0.05) is 42.5 Å². The monoisotopic (exact) mass is 290 g/mol. The average molecular weight is 290 g/mol. The van der Waals surface area contributed by atoms with E-state index in [0.717, 1.165) is 0 Å². The van der Waals surface area contributed by atoms with E-state index in [1.807, 2.05) is 6.07 Å². The lowest BCUT2D eigenvalue weighted by atomic mass is 10.1. The molecule has 2 aromatic heterocycles. The van der Waals surface area contributed by atoms with Crippen LogP contribution < -0.4 is 5.56 Å². The summed E-state index contributed by atoms with van der Waals surface area (Å²) in [6, 6.07) is 17.5. The fourth-order valence-corrected chi connectivity index (χ4v) is 2.26. The van der Waals surface area contributed by atoms with Crippen LogP contribution in [0.4, 0.5) is 0 Å². The zero-order valence-corrected chi connectivity index (χ0v) is 12.1. The number of nitrogens with zero attached hydrogens (tertiary/aromatic N) is 2. The predicted octanol–water partition coefficient (Wildman–Crippen LogP) is 2.77. The van der Waals surface area contributed by atoms with E-state index in [2.05, 4.69) is 4.98 Å². The molecule has 0 aliphatic rings. The Morgan fingerprint density at radius 3 is 2.36 bits per heavy atom. The number of benzene rings is 1. The number of ketones is 1. The molecule has 0 saturated carbocycles. The maximum atomic E-state index is 12.7. The van der Waals surface area contributed by atoms with Crippen molar-refractivity contribution >= 4 is 5.78 Å². The fraction of sp³-hybridized carbons (Fsp3) is 0.0556. The maximum absolute atomic E-state index is 12.7. The van der Waals surface area contributed by atoms with Gasteiger partial charge in [0.2, 0.25) is 5.78 Å². The summed E-state index contributed by atoms with van der Waals surface area (Å²) in [7, 11) is 0. The molecule has 4 nitrogen and oxygen atoms in total. The smallest absolute Gasteiger partial charge is 0.259 e. The second kappa shape index (κ2) is 5.77. The van der Waals surface area contributed by atoms with E-state index in [4.69, 9.17) is 0 Å². The highest BCUT2D eigenvalue weighted by Gasteiger charge is 2.17. The van der Waals surface area contributed by atoms with Crippen molar-refractivity contribution in [3.05, 3.63) is 94.0 Å². The maximum Gasteiger partial charge on any atom is 0.259 e. The van der Waals surface area contributed by atoms with Gasteiger partial charge in [0.25, 0.3) is 5.56 Å². The number of carbonyl (C=O) groups is 1. The highest BCUT2D eigenvalue weighted by atomic mass is 16.1. The molecule has 3 aromatic rings. The van der Waals surface area contributed by atoms with E-state index in [1.165, 1.54) is 4.57 Å². The average Bonchev–Trinajstić information content (AvgIpc) is 2.58. The Morgan fingerprint density at radius 1 is 0.955 bits per heavy atom. The standard InChI is InChI=1S/C18H14N2O2/c1-13-10-11-15(17(21)14-7-3-2-4-8-14)20(18(13)22)16-9-5-6-12-19-16/h2-12H,1H3. The van der Waals surface area contributed by atoms with Gasteiger partial charge < -0.3 is 0 Å². The first-order chi connectivity index (χ1) is 10.7. The minimum absolute atomic E-state index is 0.205. The number of rotatable bonds is 3. The number of pyridine rings is 2. The third-order valence-electron chi connectivity index (χ3n) is 3.42. The molecule has 0 N–H and O–H groups in total. The Bertz CT molecular complexity index is 869. The van der Waals surface area contributed by atoms with Crippen molar-refractivity contribution in [2.24, 2.45) is 0 Å². The molecule has 0 saturated heterocycles. The van der Waals surface area contributed by atoms with Gasteiger partial charge >= 0.3 is 0 Å². The number of hydrogen-bond acceptors (Lipinski definition) is 3. The van der Waals surface area contributed by atoms with Crippen molar-refractivity contribution in [3.63, 3.8) is 0 Å². The molecule has 108 valence electrons. The van der Waals surface area contributed by atoms with Gasteiger partial charge in [0.1, 0.15) is 5.82 Å². The second-order valence-corrected chi connectivity index (χ2v) is 4.93. The van der Waals surface area contributed by atoms with E-state index in [9.17, 15) is 9.59 Å². The van der Waals surface area contributed by atoms with E-state index < -0.39 is 0 Å². The van der Waals surface area contributed by atoms with Crippen LogP contribution in [0.2, 0.25) is 0 Å². The van der Waals surface area contributed by atoms with Gasteiger partial charge in [0, 0.05) is 17.3 Å². The molecule has 0 aliphatic carbocycles. The molecule has 2 heterocycles. The van der Waals surface area contributed by atoms with Crippen LogP contribution in [0.1, 0.15) is 21.6 Å². The summed E-state index contributed by atoms with van der Waals surface area (Å²) in [5.74, 6) is 0.235. The Hall–Kier alpha value is -3.01. The van der Waals surface area contributed by atoms with Crippen LogP contribution in [0, 0.1) is 6.92 Å². The minimum atomic E-state index is -0.236. The van der Waals surface area contributed by atoms with Crippen LogP contribution in [-0.2, 0) is 0 Å². The summed E-state index contributed by atoms with van der Waals surface area (Å²) in [5, 5.41) is 0. The molecule has 3 rings (SSSR count). The van der Waals surface area contributed by atoms with Gasteiger partial charge in [0.05, 0.1) is 5.69 Å². The highest BCUT2D eigenvalue weighted by Crippen LogP contribution is 2.12. The van der Waals surface area contributed by atoms with Crippen LogP contribution in [0.25, 0.3) is 5.82 Å². The topological polar surface area (TPSA) is 52.0 Å². The largest absolute Gasteiger partial charge is 0.287 e. The van der Waals surface area contributed by atoms with Crippen molar-refractivity contribution in [3.8, 4) is 5.82 Å². The quantitative estimate of drug-likeness (QED) is 0.697. The Kier molecular flexibility index (Phi) is 3.66. The molecular formula is C18H14N2O2. The Morgan fingerprint density at radius 2 is 1.68 bits per heavy atom. The molecule has 0 amide bonds. The predicted molar refractivity (Wildman–Crippen MR) is 84.4 cm³/mol. The summed E-state index contributed by atoms with van der Waals surface area (Å²) in [4.78, 5) is 29.4. The molecule has 0 fully saturated rings. The molecule has 0 aliphatic heterocycles. The molecule has 0 bridgehead atoms. The van der Waals surface area contributed by atoms with Gasteiger partial charge in [-0.05, 0) is 25.1 Å². The van der Waals surface area contributed by atoms with Crippen molar-refractivity contribution in [2.45, 2.75) is 6.92 Å². The van der Waals surface area contributed by atoms with Gasteiger partial charge in [-0.2, -0.15) is 0 Å². The summed E-state index contributed by atoms with van der Waals surface area (Å²) in [6.45, 7) is 1.72. The van der Waals surface area contributed by atoms with Crippen molar-refractivity contribution in [2.75, 3.05) is 0 Å². The SMILES string of the molecule is Cc1ccc(C(=O)c2ccccc2)n(-c2ccccn2)c1=O. The summed E-state index contributed by atoms with van der Waals surface area (Å²) < 4.78 is 1.37. The molecule has 1 aromatic carbocycles. The Balaban J connectivity index is 2.23. The van der Waals surface area contributed by atoms with Crippen LogP contribution in [0.15, 0.2) is 71.7 Å². The van der Waals surface area contributed by atoms with E-state index in [0.29, 0.717) is 22.6 Å². The second-order valence-electron chi connectivity index (χ2n) is 4.93. The van der Waals surface area contributed by atoms with Crippen molar-refractivity contribution in [1.82, 2.24) is 9.55 Å². The highest BCUT2D eigenvalue weighted by molar-refractivity contribution is 6.08. The van der Waals surface area contributed by atoms with Crippen LogP contribution in [0.3, 0.4) is 0 Å². The van der Waals surface area contributed by atoms with Gasteiger partial charge in [-0.15, -0.1) is 0 Å². The van der Waals surface area contributed by atoms with Crippen LogP contribution >= 0.6 is 0 Å². The summed E-state index contributed by atoms with van der Waals surface area (Å²) in [5.41, 5.74) is 1.17. The number of aryl methyl sites for hydroxylation is 1.